The van der Waals surface area contributed by atoms with Crippen molar-refractivity contribution in [3.8, 4) is 11.5 Å². The lowest BCUT2D eigenvalue weighted by Gasteiger charge is -2.32. The number of carbonyl (C=O) groups is 1. The Balaban J connectivity index is 1.94. The van der Waals surface area contributed by atoms with Crippen molar-refractivity contribution in [1.29, 1.82) is 0 Å². The SMILES string of the molecule is COc1cc(OC)cc(C(NC(=O)C(C)C2CNC2)c2nccn2C)c1. The number of aryl methyl sites for hydroxylation is 1. The fourth-order valence-corrected chi connectivity index (χ4v) is 3.10. The van der Waals surface area contributed by atoms with Crippen LogP contribution in [-0.2, 0) is 11.8 Å². The van der Waals surface area contributed by atoms with E-state index >= 15 is 0 Å². The summed E-state index contributed by atoms with van der Waals surface area (Å²) in [6, 6.07) is 5.22. The van der Waals surface area contributed by atoms with Gasteiger partial charge in [-0.05, 0) is 36.7 Å². The van der Waals surface area contributed by atoms with E-state index in [0.717, 1.165) is 24.5 Å². The highest BCUT2D eigenvalue weighted by molar-refractivity contribution is 5.79. The Morgan fingerprint density at radius 2 is 1.92 bits per heavy atom. The van der Waals surface area contributed by atoms with Gasteiger partial charge in [-0.2, -0.15) is 0 Å². The quantitative estimate of drug-likeness (QED) is 0.784. The predicted molar refractivity (Wildman–Crippen MR) is 98.3 cm³/mol. The molecule has 7 nitrogen and oxygen atoms in total. The molecule has 140 valence electrons. The van der Waals surface area contributed by atoms with Crippen LogP contribution in [0, 0.1) is 11.8 Å². The van der Waals surface area contributed by atoms with E-state index in [0.29, 0.717) is 17.4 Å². The standard InChI is InChI=1S/C19H26N4O3/c1-12(14-10-20-11-14)19(24)22-17(18-21-5-6-23(18)2)13-7-15(25-3)9-16(8-13)26-4/h5-9,12,14,17,20H,10-11H2,1-4H3,(H,22,24). The minimum absolute atomic E-state index is 0.0197. The maximum Gasteiger partial charge on any atom is 0.224 e. The average Bonchev–Trinajstić information content (AvgIpc) is 3.03. The van der Waals surface area contributed by atoms with Crippen LogP contribution >= 0.6 is 0 Å². The zero-order valence-corrected chi connectivity index (χ0v) is 15.7. The molecule has 1 aliphatic rings. The molecule has 0 saturated carbocycles. The van der Waals surface area contributed by atoms with Crippen molar-refractivity contribution in [3.63, 3.8) is 0 Å². The fraction of sp³-hybridized carbons (Fsp3) is 0.474. The summed E-state index contributed by atoms with van der Waals surface area (Å²) < 4.78 is 12.7. The Hall–Kier alpha value is -2.54. The maximum atomic E-state index is 12.8. The van der Waals surface area contributed by atoms with Gasteiger partial charge in [0.05, 0.1) is 14.2 Å². The Labute approximate surface area is 153 Å². The number of carbonyl (C=O) groups excluding carboxylic acids is 1. The molecule has 2 heterocycles. The van der Waals surface area contributed by atoms with Crippen LogP contribution in [0.5, 0.6) is 11.5 Å². The van der Waals surface area contributed by atoms with Gasteiger partial charge in [-0.25, -0.2) is 4.98 Å². The smallest absolute Gasteiger partial charge is 0.224 e. The first kappa shape index (κ1) is 18.3. The number of ether oxygens (including phenoxy) is 2. The highest BCUT2D eigenvalue weighted by Gasteiger charge is 2.31. The summed E-state index contributed by atoms with van der Waals surface area (Å²) in [5.41, 5.74) is 0.864. The van der Waals surface area contributed by atoms with E-state index in [2.05, 4.69) is 15.6 Å². The van der Waals surface area contributed by atoms with Gasteiger partial charge < -0.3 is 24.7 Å². The van der Waals surface area contributed by atoms with Crippen LogP contribution < -0.4 is 20.1 Å². The number of imidazole rings is 1. The van der Waals surface area contributed by atoms with Crippen LogP contribution in [0.2, 0.25) is 0 Å². The molecule has 1 fully saturated rings. The molecular weight excluding hydrogens is 332 g/mol. The van der Waals surface area contributed by atoms with Crippen molar-refractivity contribution >= 4 is 5.91 Å². The number of amides is 1. The van der Waals surface area contributed by atoms with Gasteiger partial charge in [0.25, 0.3) is 0 Å². The second kappa shape index (κ2) is 7.78. The Morgan fingerprint density at radius 1 is 1.27 bits per heavy atom. The van der Waals surface area contributed by atoms with E-state index in [1.807, 2.05) is 42.9 Å². The summed E-state index contributed by atoms with van der Waals surface area (Å²) in [7, 11) is 5.13. The Morgan fingerprint density at radius 3 is 2.38 bits per heavy atom. The largest absolute Gasteiger partial charge is 0.497 e. The number of nitrogens with zero attached hydrogens (tertiary/aromatic N) is 2. The highest BCUT2D eigenvalue weighted by Crippen LogP contribution is 2.30. The number of hydrogen-bond donors (Lipinski definition) is 2. The van der Waals surface area contributed by atoms with Gasteiger partial charge in [0.2, 0.25) is 5.91 Å². The molecule has 2 atom stereocenters. The van der Waals surface area contributed by atoms with Crippen molar-refractivity contribution in [3.05, 3.63) is 42.0 Å². The molecule has 1 aliphatic heterocycles. The maximum absolute atomic E-state index is 12.8. The first-order valence-corrected chi connectivity index (χ1v) is 8.74. The van der Waals surface area contributed by atoms with E-state index in [4.69, 9.17) is 9.47 Å². The van der Waals surface area contributed by atoms with E-state index in [1.54, 1.807) is 20.4 Å². The molecule has 0 spiro atoms. The van der Waals surface area contributed by atoms with Gasteiger partial charge in [-0.15, -0.1) is 0 Å². The van der Waals surface area contributed by atoms with E-state index in [1.165, 1.54) is 0 Å². The van der Waals surface area contributed by atoms with Gasteiger partial charge in [-0.1, -0.05) is 6.92 Å². The molecule has 1 amide bonds. The van der Waals surface area contributed by atoms with Crippen LogP contribution in [0.25, 0.3) is 0 Å². The summed E-state index contributed by atoms with van der Waals surface area (Å²) in [6.45, 7) is 3.74. The van der Waals surface area contributed by atoms with Crippen molar-refractivity contribution < 1.29 is 14.3 Å². The number of methoxy groups -OCH3 is 2. The average molecular weight is 358 g/mol. The first-order valence-electron chi connectivity index (χ1n) is 8.74. The van der Waals surface area contributed by atoms with Crippen molar-refractivity contribution in [2.24, 2.45) is 18.9 Å². The normalized spacial score (nSPS) is 16.5. The molecule has 2 unspecified atom stereocenters. The van der Waals surface area contributed by atoms with Crippen LogP contribution in [0.3, 0.4) is 0 Å². The predicted octanol–water partition coefficient (Wildman–Crippen LogP) is 1.50. The van der Waals surface area contributed by atoms with Crippen LogP contribution in [0.15, 0.2) is 30.6 Å². The summed E-state index contributed by atoms with van der Waals surface area (Å²) >= 11 is 0. The zero-order valence-electron chi connectivity index (χ0n) is 15.7. The number of benzene rings is 1. The minimum atomic E-state index is -0.387. The number of aromatic nitrogens is 2. The van der Waals surface area contributed by atoms with Crippen LogP contribution in [0.4, 0.5) is 0 Å². The number of hydrogen-bond acceptors (Lipinski definition) is 5. The van der Waals surface area contributed by atoms with Crippen LogP contribution in [0.1, 0.15) is 24.4 Å². The molecule has 1 aromatic heterocycles. The molecule has 7 heteroatoms. The van der Waals surface area contributed by atoms with E-state index < -0.39 is 0 Å². The lowest BCUT2D eigenvalue weighted by molar-refractivity contribution is -0.127. The Kier molecular flexibility index (Phi) is 5.46. The lowest BCUT2D eigenvalue weighted by atomic mass is 9.88. The topological polar surface area (TPSA) is 77.4 Å². The summed E-state index contributed by atoms with van der Waals surface area (Å²) in [5.74, 6) is 2.43. The third-order valence-electron chi connectivity index (χ3n) is 5.04. The molecule has 0 radical (unpaired) electrons. The van der Waals surface area contributed by atoms with Gasteiger partial charge in [0.15, 0.2) is 0 Å². The fourth-order valence-electron chi connectivity index (χ4n) is 3.10. The molecule has 2 aromatic rings. The van der Waals surface area contributed by atoms with Gasteiger partial charge in [-0.3, -0.25) is 4.79 Å². The summed E-state index contributed by atoms with van der Waals surface area (Å²) in [6.07, 6.45) is 3.59. The molecule has 3 rings (SSSR count). The first-order chi connectivity index (χ1) is 12.5. The second-order valence-electron chi connectivity index (χ2n) is 6.69. The van der Waals surface area contributed by atoms with Crippen molar-refractivity contribution in [1.82, 2.24) is 20.2 Å². The third-order valence-corrected chi connectivity index (χ3v) is 5.04. The third kappa shape index (κ3) is 3.67. The second-order valence-corrected chi connectivity index (χ2v) is 6.69. The molecule has 1 aromatic carbocycles. The van der Waals surface area contributed by atoms with E-state index in [9.17, 15) is 4.79 Å². The van der Waals surface area contributed by atoms with E-state index in [-0.39, 0.29) is 17.9 Å². The van der Waals surface area contributed by atoms with Gasteiger partial charge in [0.1, 0.15) is 23.4 Å². The van der Waals surface area contributed by atoms with Gasteiger partial charge >= 0.3 is 0 Å². The molecule has 2 N–H and O–H groups in total. The molecule has 0 bridgehead atoms. The molecule has 26 heavy (non-hydrogen) atoms. The monoisotopic (exact) mass is 358 g/mol. The zero-order chi connectivity index (χ0) is 18.7. The molecule has 1 saturated heterocycles. The lowest BCUT2D eigenvalue weighted by Crippen LogP contribution is -2.50. The molecule has 0 aliphatic carbocycles. The van der Waals surface area contributed by atoms with Gasteiger partial charge in [0, 0.05) is 31.4 Å². The number of rotatable bonds is 7. The van der Waals surface area contributed by atoms with Crippen molar-refractivity contribution in [2.45, 2.75) is 13.0 Å². The van der Waals surface area contributed by atoms with Crippen molar-refractivity contribution in [2.75, 3.05) is 27.3 Å². The summed E-state index contributed by atoms with van der Waals surface area (Å²) in [4.78, 5) is 17.3. The Bertz CT molecular complexity index is 748. The molecular formula is C19H26N4O3. The minimum Gasteiger partial charge on any atom is -0.497 e. The number of nitrogens with one attached hydrogen (secondary N) is 2. The van der Waals surface area contributed by atoms with Crippen LogP contribution in [-0.4, -0.2) is 42.8 Å². The highest BCUT2D eigenvalue weighted by atomic mass is 16.5. The summed E-state index contributed by atoms with van der Waals surface area (Å²) in [5, 5.41) is 6.39.